The molecule has 2 aromatic rings. The summed E-state index contributed by atoms with van der Waals surface area (Å²) in [6.45, 7) is 0. The number of nitrogens with two attached hydrogens (primary N) is 1. The number of hydrogen-bond donors (Lipinski definition) is 4. The average molecular weight is 261 g/mol. The zero-order valence-corrected chi connectivity index (χ0v) is 9.85. The molecule has 0 unspecified atom stereocenters. The Hall–Kier alpha value is -2.60. The zero-order valence-electron chi connectivity index (χ0n) is 9.85. The van der Waals surface area contributed by atoms with Crippen LogP contribution in [0.15, 0.2) is 42.5 Å². The average Bonchev–Trinajstić information content (AvgIpc) is 2.40. The minimum Gasteiger partial charge on any atom is -0.465 e. The summed E-state index contributed by atoms with van der Waals surface area (Å²) in [5.41, 5.74) is 4.53. The molecule has 5 nitrogen and oxygen atoms in total. The molecule has 6 heteroatoms. The van der Waals surface area contributed by atoms with Gasteiger partial charge in [0.2, 0.25) is 0 Å². The Labute approximate surface area is 108 Å². The maximum atomic E-state index is 13.3. The van der Waals surface area contributed by atoms with E-state index < -0.39 is 11.9 Å². The van der Waals surface area contributed by atoms with Gasteiger partial charge in [0, 0.05) is 11.3 Å². The van der Waals surface area contributed by atoms with Gasteiger partial charge in [-0.3, -0.25) is 11.2 Å². The van der Waals surface area contributed by atoms with Gasteiger partial charge in [0.15, 0.2) is 0 Å². The van der Waals surface area contributed by atoms with Crippen molar-refractivity contribution in [1.82, 2.24) is 0 Å². The van der Waals surface area contributed by atoms with Crippen LogP contribution in [0.25, 0.3) is 11.1 Å². The molecule has 0 bridgehead atoms. The second-order valence-electron chi connectivity index (χ2n) is 3.85. The summed E-state index contributed by atoms with van der Waals surface area (Å²) in [4.78, 5) is 10.7. The van der Waals surface area contributed by atoms with Gasteiger partial charge in [-0.05, 0) is 35.9 Å². The second-order valence-corrected chi connectivity index (χ2v) is 3.85. The molecule has 0 saturated heterocycles. The van der Waals surface area contributed by atoms with Crippen LogP contribution in [0.1, 0.15) is 0 Å². The smallest absolute Gasteiger partial charge is 0.409 e. The van der Waals surface area contributed by atoms with E-state index in [1.165, 1.54) is 18.2 Å². The second kappa shape index (κ2) is 5.36. The van der Waals surface area contributed by atoms with Crippen molar-refractivity contribution >= 4 is 17.5 Å². The number of carboxylic acid groups (broad SMARTS) is 1. The van der Waals surface area contributed by atoms with Crippen LogP contribution in [-0.2, 0) is 0 Å². The molecular formula is C13H12FN3O2. The van der Waals surface area contributed by atoms with Crippen molar-refractivity contribution in [2.24, 2.45) is 5.84 Å². The first kappa shape index (κ1) is 12.8. The van der Waals surface area contributed by atoms with Crippen LogP contribution >= 0.6 is 0 Å². The van der Waals surface area contributed by atoms with E-state index in [-0.39, 0.29) is 0 Å². The predicted octanol–water partition coefficient (Wildman–Crippen LogP) is 2.87. The van der Waals surface area contributed by atoms with Gasteiger partial charge in [0.1, 0.15) is 5.82 Å². The number of carbonyl (C=O) groups is 1. The highest BCUT2D eigenvalue weighted by molar-refractivity contribution is 5.90. The van der Waals surface area contributed by atoms with Crippen molar-refractivity contribution in [3.05, 3.63) is 48.3 Å². The quantitative estimate of drug-likeness (QED) is 0.505. The molecule has 0 heterocycles. The van der Waals surface area contributed by atoms with Crippen LogP contribution in [0.5, 0.6) is 0 Å². The van der Waals surface area contributed by atoms with Crippen LogP contribution in [0.2, 0.25) is 0 Å². The molecule has 0 aromatic heterocycles. The highest BCUT2D eigenvalue weighted by atomic mass is 19.1. The van der Waals surface area contributed by atoms with Crippen LogP contribution in [0.3, 0.4) is 0 Å². The van der Waals surface area contributed by atoms with Crippen molar-refractivity contribution < 1.29 is 14.3 Å². The van der Waals surface area contributed by atoms with Gasteiger partial charge < -0.3 is 10.5 Å². The van der Waals surface area contributed by atoms with Crippen LogP contribution in [-0.4, -0.2) is 11.2 Å². The molecule has 0 aliphatic carbocycles. The molecule has 0 saturated carbocycles. The normalized spacial score (nSPS) is 10.0. The van der Waals surface area contributed by atoms with Gasteiger partial charge >= 0.3 is 6.09 Å². The fourth-order valence-corrected chi connectivity index (χ4v) is 1.76. The molecule has 2 aromatic carbocycles. The summed E-state index contributed by atoms with van der Waals surface area (Å²) in [6.07, 6.45) is -1.21. The van der Waals surface area contributed by atoms with Crippen LogP contribution in [0, 0.1) is 5.82 Å². The number of rotatable bonds is 3. The molecule has 5 N–H and O–H groups in total. The molecule has 2 rings (SSSR count). The lowest BCUT2D eigenvalue weighted by Gasteiger charge is -2.11. The summed E-state index contributed by atoms with van der Waals surface area (Å²) >= 11 is 0. The largest absolute Gasteiger partial charge is 0.465 e. The van der Waals surface area contributed by atoms with E-state index in [0.717, 1.165) is 0 Å². The molecule has 0 spiro atoms. The maximum Gasteiger partial charge on any atom is 0.409 e. The fourth-order valence-electron chi connectivity index (χ4n) is 1.76. The summed E-state index contributed by atoms with van der Waals surface area (Å²) < 4.78 is 13.3. The predicted molar refractivity (Wildman–Crippen MR) is 71.3 cm³/mol. The lowest BCUT2D eigenvalue weighted by atomic mass is 10.0. The van der Waals surface area contributed by atoms with E-state index in [4.69, 9.17) is 10.9 Å². The number of hydrogen-bond acceptors (Lipinski definition) is 3. The Balaban J connectivity index is 2.52. The first-order valence-electron chi connectivity index (χ1n) is 5.46. The molecule has 1 amide bonds. The Morgan fingerprint density at radius 1 is 1.21 bits per heavy atom. The van der Waals surface area contributed by atoms with Crippen LogP contribution < -0.4 is 16.6 Å². The molecule has 98 valence electrons. The van der Waals surface area contributed by atoms with Crippen molar-refractivity contribution in [3.63, 3.8) is 0 Å². The van der Waals surface area contributed by atoms with Gasteiger partial charge in [0.05, 0.1) is 5.69 Å². The number of halogens is 1. The summed E-state index contributed by atoms with van der Waals surface area (Å²) in [5, 5.41) is 11.0. The van der Waals surface area contributed by atoms with Gasteiger partial charge in [-0.2, -0.15) is 0 Å². The summed E-state index contributed by atoms with van der Waals surface area (Å²) in [6, 6.07) is 10.7. The lowest BCUT2D eigenvalue weighted by molar-refractivity contribution is 0.210. The van der Waals surface area contributed by atoms with Gasteiger partial charge in [-0.1, -0.05) is 12.1 Å². The standard InChI is InChI=1S/C13H12FN3O2/c14-9-4-5-12(16-13(18)19)11(7-9)8-2-1-3-10(6-8)17-15/h1-7,16-17H,15H2,(H,18,19). The topological polar surface area (TPSA) is 87.4 Å². The minimum absolute atomic E-state index is 0.308. The Morgan fingerprint density at radius 2 is 2.00 bits per heavy atom. The first-order valence-corrected chi connectivity index (χ1v) is 5.46. The van der Waals surface area contributed by atoms with Crippen molar-refractivity contribution in [1.29, 1.82) is 0 Å². The monoisotopic (exact) mass is 261 g/mol. The van der Waals surface area contributed by atoms with Gasteiger partial charge in [-0.25, -0.2) is 9.18 Å². The molecular weight excluding hydrogens is 249 g/mol. The van der Waals surface area contributed by atoms with E-state index in [1.54, 1.807) is 24.3 Å². The van der Waals surface area contributed by atoms with E-state index in [9.17, 15) is 9.18 Å². The van der Waals surface area contributed by atoms with E-state index in [0.29, 0.717) is 22.5 Å². The summed E-state index contributed by atoms with van der Waals surface area (Å²) in [7, 11) is 0. The van der Waals surface area contributed by atoms with Crippen molar-refractivity contribution in [3.8, 4) is 11.1 Å². The third-order valence-corrected chi connectivity index (χ3v) is 2.56. The molecule has 0 fully saturated rings. The third kappa shape index (κ3) is 2.99. The van der Waals surface area contributed by atoms with Crippen LogP contribution in [0.4, 0.5) is 20.6 Å². The number of benzene rings is 2. The van der Waals surface area contributed by atoms with E-state index in [2.05, 4.69) is 10.7 Å². The highest BCUT2D eigenvalue weighted by Crippen LogP contribution is 2.30. The highest BCUT2D eigenvalue weighted by Gasteiger charge is 2.09. The fraction of sp³-hybridized carbons (Fsp3) is 0. The maximum absolute atomic E-state index is 13.3. The van der Waals surface area contributed by atoms with Gasteiger partial charge in [-0.15, -0.1) is 0 Å². The number of nitrogen functional groups attached to an aromatic ring is 1. The van der Waals surface area contributed by atoms with Crippen molar-refractivity contribution in [2.45, 2.75) is 0 Å². The first-order chi connectivity index (χ1) is 9.10. The van der Waals surface area contributed by atoms with Crippen molar-refractivity contribution in [2.75, 3.05) is 10.7 Å². The summed E-state index contributed by atoms with van der Waals surface area (Å²) in [5.74, 6) is 4.86. The Morgan fingerprint density at radius 3 is 2.68 bits per heavy atom. The SMILES string of the molecule is NNc1cccc(-c2cc(F)ccc2NC(=O)O)c1. The molecule has 0 aliphatic heterocycles. The Kier molecular flexibility index (Phi) is 3.63. The number of anilines is 2. The van der Waals surface area contributed by atoms with E-state index in [1.807, 2.05) is 0 Å². The minimum atomic E-state index is -1.21. The zero-order chi connectivity index (χ0) is 13.8. The number of nitrogens with one attached hydrogen (secondary N) is 2. The Bertz CT molecular complexity index is 617. The lowest BCUT2D eigenvalue weighted by Crippen LogP contribution is -2.09. The number of hydrazine groups is 1. The van der Waals surface area contributed by atoms with Gasteiger partial charge in [0.25, 0.3) is 0 Å². The third-order valence-electron chi connectivity index (χ3n) is 2.56. The van der Waals surface area contributed by atoms with E-state index >= 15 is 0 Å². The molecule has 0 radical (unpaired) electrons. The molecule has 19 heavy (non-hydrogen) atoms. The molecule has 0 atom stereocenters. The number of amides is 1. The molecule has 0 aliphatic rings.